The third-order valence-corrected chi connectivity index (χ3v) is 5.55. The van der Waals surface area contributed by atoms with E-state index in [-0.39, 0.29) is 17.4 Å². The quantitative estimate of drug-likeness (QED) is 0.804. The van der Waals surface area contributed by atoms with E-state index in [4.69, 9.17) is 4.74 Å². The Morgan fingerprint density at radius 2 is 1.73 bits per heavy atom. The van der Waals surface area contributed by atoms with Gasteiger partial charge in [0.2, 0.25) is 5.91 Å². The van der Waals surface area contributed by atoms with Crippen LogP contribution in [0.2, 0.25) is 0 Å². The highest BCUT2D eigenvalue weighted by Crippen LogP contribution is 2.29. The third-order valence-electron chi connectivity index (χ3n) is 5.55. The van der Waals surface area contributed by atoms with Crippen molar-refractivity contribution in [3.8, 4) is 0 Å². The summed E-state index contributed by atoms with van der Waals surface area (Å²) in [5, 5.41) is 3.27. The molecular weight excluding hydrogens is 278 g/mol. The van der Waals surface area contributed by atoms with Crippen molar-refractivity contribution in [1.29, 1.82) is 0 Å². The maximum absolute atomic E-state index is 12.4. The first-order valence-corrected chi connectivity index (χ1v) is 8.90. The number of rotatable bonds is 6. The molecule has 0 bridgehead atoms. The van der Waals surface area contributed by atoms with Crippen LogP contribution in [-0.2, 0) is 9.53 Å². The summed E-state index contributed by atoms with van der Waals surface area (Å²) in [7, 11) is 2.19. The highest BCUT2D eigenvalue weighted by molar-refractivity contribution is 5.78. The van der Waals surface area contributed by atoms with E-state index in [0.29, 0.717) is 0 Å². The molecule has 0 unspecified atom stereocenters. The maximum atomic E-state index is 12.4. The van der Waals surface area contributed by atoms with Gasteiger partial charge in [-0.3, -0.25) is 9.69 Å². The second kappa shape index (κ2) is 8.27. The van der Waals surface area contributed by atoms with E-state index in [0.717, 1.165) is 71.6 Å². The van der Waals surface area contributed by atoms with E-state index in [1.54, 1.807) is 0 Å². The standard InChI is InChI=1S/C17H33N3O2/c1-4-15(5-2)16(21)18-14-17(6-8-19(3)9-7-17)20-10-12-22-13-11-20/h15H,4-14H2,1-3H3,(H,18,21). The monoisotopic (exact) mass is 311 g/mol. The molecule has 1 N–H and O–H groups in total. The minimum Gasteiger partial charge on any atom is -0.379 e. The molecule has 0 atom stereocenters. The van der Waals surface area contributed by atoms with Gasteiger partial charge in [0.1, 0.15) is 0 Å². The fourth-order valence-corrected chi connectivity index (χ4v) is 3.73. The Hall–Kier alpha value is -0.650. The van der Waals surface area contributed by atoms with Gasteiger partial charge < -0.3 is 15.0 Å². The van der Waals surface area contributed by atoms with Gasteiger partial charge in [-0.1, -0.05) is 13.8 Å². The van der Waals surface area contributed by atoms with E-state index in [1.165, 1.54) is 0 Å². The fourth-order valence-electron chi connectivity index (χ4n) is 3.73. The molecule has 0 aliphatic carbocycles. The zero-order valence-corrected chi connectivity index (χ0v) is 14.6. The molecule has 2 rings (SSSR count). The second-order valence-corrected chi connectivity index (χ2v) is 6.86. The van der Waals surface area contributed by atoms with Crippen LogP contribution in [0.25, 0.3) is 0 Å². The average molecular weight is 311 g/mol. The van der Waals surface area contributed by atoms with Gasteiger partial charge in [-0.2, -0.15) is 0 Å². The van der Waals surface area contributed by atoms with Gasteiger partial charge in [0.25, 0.3) is 0 Å². The Kier molecular flexibility index (Phi) is 6.66. The highest BCUT2D eigenvalue weighted by Gasteiger charge is 2.40. The van der Waals surface area contributed by atoms with Crippen molar-refractivity contribution in [2.75, 3.05) is 53.0 Å². The topological polar surface area (TPSA) is 44.8 Å². The highest BCUT2D eigenvalue weighted by atomic mass is 16.5. The summed E-state index contributed by atoms with van der Waals surface area (Å²) in [5.74, 6) is 0.393. The van der Waals surface area contributed by atoms with Gasteiger partial charge in [0.05, 0.1) is 13.2 Å². The Morgan fingerprint density at radius 3 is 2.27 bits per heavy atom. The molecular formula is C17H33N3O2. The summed E-state index contributed by atoms with van der Waals surface area (Å²) in [6.45, 7) is 10.8. The molecule has 0 saturated carbocycles. The number of carbonyl (C=O) groups excluding carboxylic acids is 1. The number of nitrogens with zero attached hydrogens (tertiary/aromatic N) is 2. The van der Waals surface area contributed by atoms with Gasteiger partial charge in [0, 0.05) is 31.1 Å². The zero-order valence-electron chi connectivity index (χ0n) is 14.6. The number of likely N-dealkylation sites (tertiary alicyclic amines) is 1. The van der Waals surface area contributed by atoms with Gasteiger partial charge in [-0.05, 0) is 45.8 Å². The minimum atomic E-state index is 0.123. The van der Waals surface area contributed by atoms with E-state index in [9.17, 15) is 4.79 Å². The first-order valence-electron chi connectivity index (χ1n) is 8.90. The summed E-state index contributed by atoms with van der Waals surface area (Å²) in [4.78, 5) is 17.3. The SMILES string of the molecule is CCC(CC)C(=O)NCC1(N2CCOCC2)CCN(C)CC1. The molecule has 5 nitrogen and oxygen atoms in total. The number of hydrogen-bond acceptors (Lipinski definition) is 4. The smallest absolute Gasteiger partial charge is 0.223 e. The lowest BCUT2D eigenvalue weighted by Gasteiger charge is -2.49. The first-order chi connectivity index (χ1) is 10.6. The van der Waals surface area contributed by atoms with Crippen LogP contribution in [0.3, 0.4) is 0 Å². The molecule has 0 aromatic carbocycles. The molecule has 0 aromatic heterocycles. The Labute approximate surface area is 135 Å². The molecule has 0 aromatic rings. The summed E-state index contributed by atoms with van der Waals surface area (Å²) < 4.78 is 5.52. The van der Waals surface area contributed by atoms with E-state index < -0.39 is 0 Å². The molecule has 5 heteroatoms. The van der Waals surface area contributed by atoms with Crippen molar-refractivity contribution in [3.05, 3.63) is 0 Å². The van der Waals surface area contributed by atoms with Crippen LogP contribution in [0.4, 0.5) is 0 Å². The van der Waals surface area contributed by atoms with Crippen LogP contribution >= 0.6 is 0 Å². The summed E-state index contributed by atoms with van der Waals surface area (Å²) in [6, 6.07) is 0. The van der Waals surface area contributed by atoms with Crippen molar-refractivity contribution >= 4 is 5.91 Å². The van der Waals surface area contributed by atoms with Crippen molar-refractivity contribution in [2.45, 2.75) is 45.1 Å². The molecule has 2 fully saturated rings. The predicted octanol–water partition coefficient (Wildman–Crippen LogP) is 1.34. The Balaban J connectivity index is 2.00. The predicted molar refractivity (Wildman–Crippen MR) is 88.9 cm³/mol. The number of hydrogen-bond donors (Lipinski definition) is 1. The number of morpholine rings is 1. The maximum Gasteiger partial charge on any atom is 0.223 e. The van der Waals surface area contributed by atoms with Gasteiger partial charge in [0.15, 0.2) is 0 Å². The van der Waals surface area contributed by atoms with Crippen LogP contribution < -0.4 is 5.32 Å². The zero-order chi connectivity index (χ0) is 16.0. The lowest BCUT2D eigenvalue weighted by molar-refractivity contribution is -0.126. The fraction of sp³-hybridized carbons (Fsp3) is 0.941. The summed E-state index contributed by atoms with van der Waals surface area (Å²) in [6.07, 6.45) is 4.12. The van der Waals surface area contributed by atoms with E-state index >= 15 is 0 Å². The number of amides is 1. The average Bonchev–Trinajstić information content (AvgIpc) is 2.57. The van der Waals surface area contributed by atoms with Crippen LogP contribution in [-0.4, -0.2) is 74.2 Å². The van der Waals surface area contributed by atoms with Crippen LogP contribution in [0.5, 0.6) is 0 Å². The minimum absolute atomic E-state index is 0.123. The normalized spacial score (nSPS) is 23.6. The molecule has 2 heterocycles. The summed E-state index contributed by atoms with van der Waals surface area (Å²) >= 11 is 0. The van der Waals surface area contributed by atoms with Crippen molar-refractivity contribution in [3.63, 3.8) is 0 Å². The number of piperidine rings is 1. The Bertz CT molecular complexity index is 344. The van der Waals surface area contributed by atoms with Crippen LogP contribution in [0.1, 0.15) is 39.5 Å². The molecule has 22 heavy (non-hydrogen) atoms. The molecule has 0 spiro atoms. The van der Waals surface area contributed by atoms with Crippen LogP contribution in [0, 0.1) is 5.92 Å². The molecule has 0 radical (unpaired) electrons. The molecule has 1 amide bonds. The molecule has 128 valence electrons. The number of carbonyl (C=O) groups is 1. The van der Waals surface area contributed by atoms with Gasteiger partial charge in [-0.25, -0.2) is 0 Å². The van der Waals surface area contributed by atoms with Crippen molar-refractivity contribution < 1.29 is 9.53 Å². The Morgan fingerprint density at radius 1 is 1.14 bits per heavy atom. The van der Waals surface area contributed by atoms with Crippen molar-refractivity contribution in [2.24, 2.45) is 5.92 Å². The summed E-state index contributed by atoms with van der Waals surface area (Å²) in [5.41, 5.74) is 0.123. The number of nitrogens with one attached hydrogen (secondary N) is 1. The van der Waals surface area contributed by atoms with Crippen molar-refractivity contribution in [1.82, 2.24) is 15.1 Å². The molecule has 2 aliphatic heterocycles. The lowest BCUT2D eigenvalue weighted by atomic mass is 9.85. The lowest BCUT2D eigenvalue weighted by Crippen LogP contribution is -2.62. The largest absolute Gasteiger partial charge is 0.379 e. The van der Waals surface area contributed by atoms with Gasteiger partial charge in [-0.15, -0.1) is 0 Å². The number of ether oxygens (including phenoxy) is 1. The first kappa shape index (κ1) is 17.7. The molecule has 2 saturated heterocycles. The van der Waals surface area contributed by atoms with Gasteiger partial charge >= 0.3 is 0 Å². The van der Waals surface area contributed by atoms with E-state index in [1.807, 2.05) is 0 Å². The molecule has 2 aliphatic rings. The van der Waals surface area contributed by atoms with Crippen LogP contribution in [0.15, 0.2) is 0 Å². The van der Waals surface area contributed by atoms with E-state index in [2.05, 4.69) is 36.0 Å². The third kappa shape index (κ3) is 4.21. The second-order valence-electron chi connectivity index (χ2n) is 6.86.